The normalized spacial score (nSPS) is 14.9. The van der Waals surface area contributed by atoms with Gasteiger partial charge in [-0.3, -0.25) is 4.79 Å². The Bertz CT molecular complexity index is 991. The predicted molar refractivity (Wildman–Crippen MR) is 123 cm³/mol. The summed E-state index contributed by atoms with van der Waals surface area (Å²) in [5.74, 6) is 0.280. The molecule has 0 aromatic heterocycles. The molecule has 0 aliphatic carbocycles. The second kappa shape index (κ2) is 11.3. The maximum Gasteiger partial charge on any atom is 0.224 e. The van der Waals surface area contributed by atoms with Gasteiger partial charge in [0.05, 0.1) is 24.5 Å². The second-order valence-corrected chi connectivity index (χ2v) is 9.70. The van der Waals surface area contributed by atoms with Gasteiger partial charge in [-0.2, -0.15) is 4.31 Å². The lowest BCUT2D eigenvalue weighted by atomic mass is 10.1. The largest absolute Gasteiger partial charge is 0.494 e. The molecule has 174 valence electrons. The predicted octanol–water partition coefficient (Wildman–Crippen LogP) is 2.43. The highest BCUT2D eigenvalue weighted by Gasteiger charge is 2.27. The molecule has 0 bridgehead atoms. The summed E-state index contributed by atoms with van der Waals surface area (Å²) in [7, 11) is -3.42. The molecule has 1 heterocycles. The molecular weight excluding hydrogens is 433 g/mol. The first-order chi connectivity index (χ1) is 15.4. The topological polar surface area (TPSA) is 78.9 Å². The van der Waals surface area contributed by atoms with Crippen molar-refractivity contribution in [2.45, 2.75) is 19.8 Å². The van der Waals surface area contributed by atoms with Crippen LogP contribution in [0, 0.1) is 5.82 Å². The number of nitrogens with one attached hydrogen (secondary N) is 1. The lowest BCUT2D eigenvalue weighted by Gasteiger charge is -2.35. The van der Waals surface area contributed by atoms with Gasteiger partial charge in [0.15, 0.2) is 0 Å². The van der Waals surface area contributed by atoms with Gasteiger partial charge in [-0.15, -0.1) is 0 Å². The van der Waals surface area contributed by atoms with Crippen LogP contribution in [0.1, 0.15) is 18.9 Å². The second-order valence-electron chi connectivity index (χ2n) is 7.61. The number of amides is 1. The van der Waals surface area contributed by atoms with Crippen molar-refractivity contribution >= 4 is 21.6 Å². The number of halogens is 1. The van der Waals surface area contributed by atoms with Gasteiger partial charge in [0, 0.05) is 32.7 Å². The van der Waals surface area contributed by atoms with Crippen LogP contribution in [0.5, 0.6) is 5.75 Å². The minimum atomic E-state index is -3.42. The van der Waals surface area contributed by atoms with E-state index in [0.717, 1.165) is 11.3 Å². The third-order valence-corrected chi connectivity index (χ3v) is 7.28. The van der Waals surface area contributed by atoms with E-state index in [1.807, 2.05) is 36.1 Å². The molecule has 0 saturated carbocycles. The van der Waals surface area contributed by atoms with Crippen LogP contribution in [0.15, 0.2) is 48.5 Å². The van der Waals surface area contributed by atoms with Crippen molar-refractivity contribution in [3.8, 4) is 5.75 Å². The van der Waals surface area contributed by atoms with Crippen molar-refractivity contribution in [1.29, 1.82) is 0 Å². The molecular formula is C23H30FN3O4S. The number of carbonyl (C=O) groups excluding carboxylic acids is 1. The van der Waals surface area contributed by atoms with Gasteiger partial charge in [0.1, 0.15) is 11.6 Å². The fourth-order valence-corrected chi connectivity index (χ4v) is 5.13. The van der Waals surface area contributed by atoms with Gasteiger partial charge >= 0.3 is 0 Å². The van der Waals surface area contributed by atoms with Crippen LogP contribution in [0.25, 0.3) is 0 Å². The maximum atomic E-state index is 13.9. The fraction of sp³-hybridized carbons (Fsp3) is 0.435. The number of hydrogen-bond acceptors (Lipinski definition) is 5. The standard InChI is InChI=1S/C23H30FN3O4S/c1-2-31-20-10-8-19(9-11-20)18-23(28)25-12-5-17-32(29,30)27-15-13-26(14-16-27)22-7-4-3-6-21(22)24/h3-4,6-11H,2,5,12-18H2,1H3,(H,25,28). The zero-order valence-corrected chi connectivity index (χ0v) is 19.1. The molecule has 3 rings (SSSR count). The maximum absolute atomic E-state index is 13.9. The molecule has 1 N–H and O–H groups in total. The van der Waals surface area contributed by atoms with E-state index in [1.165, 1.54) is 10.4 Å². The number of nitrogens with zero attached hydrogens (tertiary/aromatic N) is 2. The van der Waals surface area contributed by atoms with Crippen LogP contribution < -0.4 is 15.0 Å². The molecule has 0 radical (unpaired) electrons. The van der Waals surface area contributed by atoms with Crippen molar-refractivity contribution in [3.63, 3.8) is 0 Å². The van der Waals surface area contributed by atoms with Gasteiger partial charge in [-0.25, -0.2) is 12.8 Å². The molecule has 1 saturated heterocycles. The number of para-hydroxylation sites is 1. The Balaban J connectivity index is 1.38. The molecule has 0 atom stereocenters. The summed E-state index contributed by atoms with van der Waals surface area (Å²) in [4.78, 5) is 14.0. The average Bonchev–Trinajstić information content (AvgIpc) is 2.79. The Morgan fingerprint density at radius 1 is 1.06 bits per heavy atom. The average molecular weight is 464 g/mol. The number of benzene rings is 2. The van der Waals surface area contributed by atoms with Crippen LogP contribution in [0.2, 0.25) is 0 Å². The first-order valence-electron chi connectivity index (χ1n) is 10.8. The molecule has 1 fully saturated rings. The van der Waals surface area contributed by atoms with Gasteiger partial charge in [0.2, 0.25) is 15.9 Å². The molecule has 0 spiro atoms. The summed E-state index contributed by atoms with van der Waals surface area (Å²) in [6, 6.07) is 13.8. The molecule has 1 aliphatic rings. The minimum absolute atomic E-state index is 0.0317. The number of ether oxygens (including phenoxy) is 1. The molecule has 9 heteroatoms. The minimum Gasteiger partial charge on any atom is -0.494 e. The summed E-state index contributed by atoms with van der Waals surface area (Å²) < 4.78 is 46.0. The van der Waals surface area contributed by atoms with E-state index < -0.39 is 10.0 Å². The SMILES string of the molecule is CCOc1ccc(CC(=O)NCCCS(=O)(=O)N2CCN(c3ccccc3F)CC2)cc1. The third kappa shape index (κ3) is 6.67. The number of hydrogen-bond donors (Lipinski definition) is 1. The van der Waals surface area contributed by atoms with Crippen molar-refractivity contribution in [1.82, 2.24) is 9.62 Å². The number of carbonyl (C=O) groups is 1. The number of rotatable bonds is 10. The van der Waals surface area contributed by atoms with Crippen molar-refractivity contribution in [2.75, 3.05) is 50.0 Å². The summed E-state index contributed by atoms with van der Waals surface area (Å²) in [6.45, 7) is 4.32. The van der Waals surface area contributed by atoms with E-state index in [-0.39, 0.29) is 23.9 Å². The summed E-state index contributed by atoms with van der Waals surface area (Å²) in [5, 5.41) is 2.78. The Kier molecular flexibility index (Phi) is 8.46. The van der Waals surface area contributed by atoms with Crippen molar-refractivity contribution in [2.24, 2.45) is 0 Å². The molecule has 2 aromatic carbocycles. The van der Waals surface area contributed by atoms with E-state index in [2.05, 4.69) is 5.32 Å². The molecule has 7 nitrogen and oxygen atoms in total. The molecule has 0 unspecified atom stereocenters. The summed E-state index contributed by atoms with van der Waals surface area (Å²) >= 11 is 0. The zero-order valence-electron chi connectivity index (χ0n) is 18.3. The van der Waals surface area contributed by atoms with Gasteiger partial charge in [-0.05, 0) is 43.2 Å². The number of sulfonamides is 1. The van der Waals surface area contributed by atoms with E-state index in [1.54, 1.807) is 18.2 Å². The quantitative estimate of drug-likeness (QED) is 0.548. The Labute approximate surface area is 189 Å². The van der Waals surface area contributed by atoms with Crippen molar-refractivity contribution in [3.05, 3.63) is 59.9 Å². The number of piperazine rings is 1. The molecule has 1 amide bonds. The Morgan fingerprint density at radius 3 is 2.41 bits per heavy atom. The molecule has 1 aliphatic heterocycles. The van der Waals surface area contributed by atoms with Crippen LogP contribution in [0.4, 0.5) is 10.1 Å². The van der Waals surface area contributed by atoms with E-state index >= 15 is 0 Å². The van der Waals surface area contributed by atoms with Crippen LogP contribution >= 0.6 is 0 Å². The number of anilines is 1. The van der Waals surface area contributed by atoms with E-state index in [9.17, 15) is 17.6 Å². The third-order valence-electron chi connectivity index (χ3n) is 5.33. The van der Waals surface area contributed by atoms with Gasteiger partial charge in [0.25, 0.3) is 0 Å². The molecule has 2 aromatic rings. The van der Waals surface area contributed by atoms with E-state index in [0.29, 0.717) is 51.4 Å². The van der Waals surface area contributed by atoms with Crippen LogP contribution in [0.3, 0.4) is 0 Å². The Hall–Kier alpha value is -2.65. The first-order valence-corrected chi connectivity index (χ1v) is 12.5. The monoisotopic (exact) mass is 463 g/mol. The van der Waals surface area contributed by atoms with Crippen LogP contribution in [-0.2, 0) is 21.2 Å². The highest BCUT2D eigenvalue weighted by Crippen LogP contribution is 2.21. The first kappa shape index (κ1) is 24.0. The fourth-order valence-electron chi connectivity index (χ4n) is 3.64. The zero-order chi connectivity index (χ0) is 23.0. The summed E-state index contributed by atoms with van der Waals surface area (Å²) in [6.07, 6.45) is 0.571. The Morgan fingerprint density at radius 2 is 1.75 bits per heavy atom. The van der Waals surface area contributed by atoms with E-state index in [4.69, 9.17) is 4.74 Å². The van der Waals surface area contributed by atoms with Gasteiger partial charge < -0.3 is 15.0 Å². The summed E-state index contributed by atoms with van der Waals surface area (Å²) in [5.41, 5.74) is 1.37. The van der Waals surface area contributed by atoms with Crippen molar-refractivity contribution < 1.29 is 22.3 Å². The molecule has 32 heavy (non-hydrogen) atoms. The smallest absolute Gasteiger partial charge is 0.224 e. The lowest BCUT2D eigenvalue weighted by Crippen LogP contribution is -2.49. The lowest BCUT2D eigenvalue weighted by molar-refractivity contribution is -0.120. The highest BCUT2D eigenvalue weighted by atomic mass is 32.2. The van der Waals surface area contributed by atoms with Crippen LogP contribution in [-0.4, -0.2) is 63.7 Å². The highest BCUT2D eigenvalue weighted by molar-refractivity contribution is 7.89. The van der Waals surface area contributed by atoms with Gasteiger partial charge in [-0.1, -0.05) is 24.3 Å².